The topological polar surface area (TPSA) is 84.2 Å². The molecule has 1 rings (SSSR count). The van der Waals surface area contributed by atoms with Crippen LogP contribution in [0.2, 0.25) is 0 Å². The molecule has 1 unspecified atom stereocenters. The van der Waals surface area contributed by atoms with Crippen LogP contribution in [-0.4, -0.2) is 30.9 Å². The van der Waals surface area contributed by atoms with E-state index in [0.717, 1.165) is 18.4 Å². The van der Waals surface area contributed by atoms with E-state index >= 15 is 0 Å². The van der Waals surface area contributed by atoms with Gasteiger partial charge in [0.2, 0.25) is 11.8 Å². The average Bonchev–Trinajstić information content (AvgIpc) is 2.48. The van der Waals surface area contributed by atoms with E-state index < -0.39 is 6.04 Å². The maximum Gasteiger partial charge on any atom is 0.242 e. The van der Waals surface area contributed by atoms with Gasteiger partial charge in [-0.2, -0.15) is 0 Å². The summed E-state index contributed by atoms with van der Waals surface area (Å²) in [7, 11) is 0. The molecule has 0 heterocycles. The first-order valence-electron chi connectivity index (χ1n) is 7.48. The number of carbonyl (C=O) groups is 2. The van der Waals surface area contributed by atoms with Crippen LogP contribution >= 0.6 is 12.4 Å². The minimum atomic E-state index is -0.469. The van der Waals surface area contributed by atoms with E-state index in [2.05, 4.69) is 10.6 Å². The third-order valence-electron chi connectivity index (χ3n) is 3.12. The van der Waals surface area contributed by atoms with Gasteiger partial charge < -0.3 is 16.4 Å². The molecule has 0 fully saturated rings. The summed E-state index contributed by atoms with van der Waals surface area (Å²) in [5.74, 6) is -0.264. The molecule has 0 aliphatic rings. The molecular formula is C16H26ClN3O2. The number of nitrogens with two attached hydrogens (primary N) is 1. The molecule has 0 radical (unpaired) electrons. The van der Waals surface area contributed by atoms with Gasteiger partial charge in [-0.05, 0) is 24.9 Å². The number of hydrogen-bond acceptors (Lipinski definition) is 3. The molecule has 2 amide bonds. The highest BCUT2D eigenvalue weighted by molar-refractivity contribution is 5.88. The Morgan fingerprint density at radius 1 is 1.23 bits per heavy atom. The van der Waals surface area contributed by atoms with Crippen molar-refractivity contribution in [1.29, 1.82) is 0 Å². The molecule has 0 spiro atoms. The van der Waals surface area contributed by atoms with Crippen LogP contribution in [0, 0.1) is 0 Å². The average molecular weight is 328 g/mol. The van der Waals surface area contributed by atoms with Gasteiger partial charge in [0.05, 0.1) is 6.42 Å². The van der Waals surface area contributed by atoms with Crippen LogP contribution in [0.5, 0.6) is 0 Å². The van der Waals surface area contributed by atoms with Crippen molar-refractivity contribution in [3.8, 4) is 0 Å². The summed E-state index contributed by atoms with van der Waals surface area (Å²) in [5, 5.41) is 5.61. The van der Waals surface area contributed by atoms with E-state index in [9.17, 15) is 9.59 Å². The lowest BCUT2D eigenvalue weighted by Crippen LogP contribution is -2.47. The SMILES string of the molecule is CCCC(NC(=O)Cc1ccccc1)C(=O)NCCCN.Cl. The molecule has 4 N–H and O–H groups in total. The molecule has 0 saturated heterocycles. The summed E-state index contributed by atoms with van der Waals surface area (Å²) in [6.07, 6.45) is 2.50. The van der Waals surface area contributed by atoms with Crippen molar-refractivity contribution in [2.24, 2.45) is 5.73 Å². The molecule has 0 aromatic heterocycles. The zero-order valence-electron chi connectivity index (χ0n) is 13.0. The first-order chi connectivity index (χ1) is 10.2. The molecule has 0 saturated carbocycles. The normalized spacial score (nSPS) is 11.2. The van der Waals surface area contributed by atoms with Crippen LogP contribution in [0.15, 0.2) is 30.3 Å². The Bertz CT molecular complexity index is 440. The number of nitrogens with one attached hydrogen (secondary N) is 2. The van der Waals surface area contributed by atoms with Crippen molar-refractivity contribution in [2.75, 3.05) is 13.1 Å². The molecule has 1 aromatic rings. The molecule has 124 valence electrons. The van der Waals surface area contributed by atoms with Gasteiger partial charge in [0, 0.05) is 6.54 Å². The molecule has 0 aliphatic carbocycles. The lowest BCUT2D eigenvalue weighted by molar-refractivity contribution is -0.128. The van der Waals surface area contributed by atoms with Crippen molar-refractivity contribution in [3.05, 3.63) is 35.9 Å². The largest absolute Gasteiger partial charge is 0.354 e. The Kier molecular flexibility index (Phi) is 11.1. The molecule has 22 heavy (non-hydrogen) atoms. The monoisotopic (exact) mass is 327 g/mol. The molecule has 1 atom stereocenters. The lowest BCUT2D eigenvalue weighted by Gasteiger charge is -2.18. The van der Waals surface area contributed by atoms with Gasteiger partial charge in [0.1, 0.15) is 6.04 Å². The van der Waals surface area contributed by atoms with E-state index in [4.69, 9.17) is 5.73 Å². The first-order valence-corrected chi connectivity index (χ1v) is 7.48. The molecule has 1 aromatic carbocycles. The number of halogens is 1. The number of carbonyl (C=O) groups excluding carboxylic acids is 2. The Hall–Kier alpha value is -1.59. The highest BCUT2D eigenvalue weighted by Gasteiger charge is 2.19. The van der Waals surface area contributed by atoms with Gasteiger partial charge in [0.25, 0.3) is 0 Å². The van der Waals surface area contributed by atoms with Gasteiger partial charge in [-0.25, -0.2) is 0 Å². The van der Waals surface area contributed by atoms with E-state index in [1.54, 1.807) is 0 Å². The molecular weight excluding hydrogens is 302 g/mol. The molecule has 6 heteroatoms. The van der Waals surface area contributed by atoms with Crippen molar-refractivity contribution in [1.82, 2.24) is 10.6 Å². The first kappa shape index (κ1) is 20.4. The summed E-state index contributed by atoms with van der Waals surface area (Å²) in [6, 6.07) is 9.03. The van der Waals surface area contributed by atoms with Crippen molar-refractivity contribution in [3.63, 3.8) is 0 Å². The fourth-order valence-electron chi connectivity index (χ4n) is 2.02. The third-order valence-corrected chi connectivity index (χ3v) is 3.12. The van der Waals surface area contributed by atoms with Crippen LogP contribution in [0.3, 0.4) is 0 Å². The minimum Gasteiger partial charge on any atom is -0.354 e. The van der Waals surface area contributed by atoms with Gasteiger partial charge >= 0.3 is 0 Å². The van der Waals surface area contributed by atoms with Crippen LogP contribution in [-0.2, 0) is 16.0 Å². The van der Waals surface area contributed by atoms with Gasteiger partial charge in [-0.1, -0.05) is 43.7 Å². The van der Waals surface area contributed by atoms with E-state index in [1.807, 2.05) is 37.3 Å². The summed E-state index contributed by atoms with van der Waals surface area (Å²) < 4.78 is 0. The second-order valence-corrected chi connectivity index (χ2v) is 5.00. The second kappa shape index (κ2) is 12.0. The lowest BCUT2D eigenvalue weighted by atomic mass is 10.1. The van der Waals surface area contributed by atoms with Crippen molar-refractivity contribution < 1.29 is 9.59 Å². The van der Waals surface area contributed by atoms with Crippen LogP contribution < -0.4 is 16.4 Å². The number of amides is 2. The molecule has 0 bridgehead atoms. The van der Waals surface area contributed by atoms with Crippen LogP contribution in [0.25, 0.3) is 0 Å². The Balaban J connectivity index is 0.00000441. The predicted molar refractivity (Wildman–Crippen MR) is 90.9 cm³/mol. The maximum atomic E-state index is 12.0. The van der Waals surface area contributed by atoms with Gasteiger partial charge in [0.15, 0.2) is 0 Å². The zero-order chi connectivity index (χ0) is 15.5. The highest BCUT2D eigenvalue weighted by Crippen LogP contribution is 2.02. The fourth-order valence-corrected chi connectivity index (χ4v) is 2.02. The second-order valence-electron chi connectivity index (χ2n) is 5.00. The maximum absolute atomic E-state index is 12.0. The minimum absolute atomic E-state index is 0. The van der Waals surface area contributed by atoms with Crippen LogP contribution in [0.4, 0.5) is 0 Å². The smallest absolute Gasteiger partial charge is 0.242 e. The Morgan fingerprint density at radius 3 is 2.50 bits per heavy atom. The molecule has 5 nitrogen and oxygen atoms in total. The van der Waals surface area contributed by atoms with E-state index in [0.29, 0.717) is 19.5 Å². The number of benzene rings is 1. The quantitative estimate of drug-likeness (QED) is 0.599. The highest BCUT2D eigenvalue weighted by atomic mass is 35.5. The molecule has 0 aliphatic heterocycles. The number of hydrogen-bond donors (Lipinski definition) is 3. The van der Waals surface area contributed by atoms with Crippen molar-refractivity contribution in [2.45, 2.75) is 38.6 Å². The third kappa shape index (κ3) is 8.00. The van der Waals surface area contributed by atoms with Crippen LogP contribution in [0.1, 0.15) is 31.7 Å². The summed E-state index contributed by atoms with van der Waals surface area (Å²) in [5.41, 5.74) is 6.33. The fraction of sp³-hybridized carbons (Fsp3) is 0.500. The standard InChI is InChI=1S/C16H25N3O2.ClH/c1-2-7-14(16(21)18-11-6-10-17)19-15(20)12-13-8-4-3-5-9-13;/h3-5,8-9,14H,2,6-7,10-12,17H2,1H3,(H,18,21)(H,19,20);1H. The van der Waals surface area contributed by atoms with Crippen molar-refractivity contribution >= 4 is 24.2 Å². The summed E-state index contributed by atoms with van der Waals surface area (Å²) in [6.45, 7) is 3.08. The van der Waals surface area contributed by atoms with E-state index in [1.165, 1.54) is 0 Å². The number of rotatable bonds is 9. The summed E-state index contributed by atoms with van der Waals surface area (Å²) in [4.78, 5) is 24.1. The zero-order valence-corrected chi connectivity index (χ0v) is 13.8. The predicted octanol–water partition coefficient (Wildman–Crippen LogP) is 1.40. The van der Waals surface area contributed by atoms with E-state index in [-0.39, 0.29) is 30.6 Å². The van der Waals surface area contributed by atoms with Gasteiger partial charge in [-0.15, -0.1) is 12.4 Å². The Morgan fingerprint density at radius 2 is 1.91 bits per heavy atom. The Labute approximate surface area is 138 Å². The van der Waals surface area contributed by atoms with Gasteiger partial charge in [-0.3, -0.25) is 9.59 Å². The summed E-state index contributed by atoms with van der Waals surface area (Å²) >= 11 is 0.